The molecule has 0 aliphatic carbocycles. The average molecular weight is 368 g/mol. The Hall–Kier alpha value is -3.02. The maximum Gasteiger partial charge on any atom is 0.262 e. The number of para-hydroxylation sites is 1. The maximum atomic E-state index is 12.8. The Bertz CT molecular complexity index is 783. The highest BCUT2D eigenvalue weighted by Gasteiger charge is 2.21. The molecule has 1 aliphatic heterocycles. The highest BCUT2D eigenvalue weighted by Crippen LogP contribution is 2.20. The van der Waals surface area contributed by atoms with Gasteiger partial charge in [0.15, 0.2) is 6.61 Å². The van der Waals surface area contributed by atoms with Crippen molar-refractivity contribution in [2.75, 3.05) is 32.1 Å². The summed E-state index contributed by atoms with van der Waals surface area (Å²) in [5, 5.41) is 2.79. The molecule has 3 rings (SSSR count). The van der Waals surface area contributed by atoms with Gasteiger partial charge in [-0.15, -0.1) is 0 Å². The third-order valence-electron chi connectivity index (χ3n) is 4.50. The fraction of sp³-hybridized carbons (Fsp3) is 0.333. The largest absolute Gasteiger partial charge is 0.497 e. The Morgan fingerprint density at radius 2 is 1.63 bits per heavy atom. The predicted molar refractivity (Wildman–Crippen MR) is 103 cm³/mol. The minimum absolute atomic E-state index is 0.0401. The standard InChI is InChI=1S/C21H24N2O4/c1-26-16-9-11-17(12-10-16)27-15-20(24)22-19-8-4-3-7-18(19)21(25)23-13-5-2-6-14-23/h3-4,7-12H,2,5-6,13-15H2,1H3,(H,22,24). The summed E-state index contributed by atoms with van der Waals surface area (Å²) in [5.41, 5.74) is 1.02. The molecule has 1 heterocycles. The second-order valence-corrected chi connectivity index (χ2v) is 6.41. The molecule has 0 radical (unpaired) electrons. The molecule has 1 fully saturated rings. The molecule has 0 spiro atoms. The maximum absolute atomic E-state index is 12.8. The number of hydrogen-bond donors (Lipinski definition) is 1. The number of nitrogens with zero attached hydrogens (tertiary/aromatic N) is 1. The van der Waals surface area contributed by atoms with Crippen LogP contribution in [0.2, 0.25) is 0 Å². The van der Waals surface area contributed by atoms with E-state index in [1.807, 2.05) is 4.90 Å². The molecule has 2 aromatic carbocycles. The predicted octanol–water partition coefficient (Wildman–Crippen LogP) is 3.34. The highest BCUT2D eigenvalue weighted by molar-refractivity contribution is 6.04. The molecule has 2 amide bonds. The van der Waals surface area contributed by atoms with Crippen molar-refractivity contribution in [3.05, 3.63) is 54.1 Å². The Morgan fingerprint density at radius 1 is 0.963 bits per heavy atom. The zero-order valence-electron chi connectivity index (χ0n) is 15.4. The molecule has 0 aromatic heterocycles. The van der Waals surface area contributed by atoms with Crippen LogP contribution in [-0.4, -0.2) is 43.5 Å². The van der Waals surface area contributed by atoms with Gasteiger partial charge in [0.05, 0.1) is 18.4 Å². The van der Waals surface area contributed by atoms with Gasteiger partial charge in [0.1, 0.15) is 11.5 Å². The third-order valence-corrected chi connectivity index (χ3v) is 4.50. The number of likely N-dealkylation sites (tertiary alicyclic amines) is 1. The topological polar surface area (TPSA) is 67.9 Å². The van der Waals surface area contributed by atoms with Gasteiger partial charge in [0, 0.05) is 13.1 Å². The summed E-state index contributed by atoms with van der Waals surface area (Å²) in [5.74, 6) is 0.937. The molecule has 6 nitrogen and oxygen atoms in total. The summed E-state index contributed by atoms with van der Waals surface area (Å²) in [4.78, 5) is 26.9. The quantitative estimate of drug-likeness (QED) is 0.849. The number of benzene rings is 2. The van der Waals surface area contributed by atoms with Crippen LogP contribution in [-0.2, 0) is 4.79 Å². The first kappa shape index (κ1) is 18.8. The van der Waals surface area contributed by atoms with Crippen molar-refractivity contribution in [3.63, 3.8) is 0 Å². The lowest BCUT2D eigenvalue weighted by Crippen LogP contribution is -2.36. The molecular formula is C21H24N2O4. The Kier molecular flexibility index (Phi) is 6.30. The SMILES string of the molecule is COc1ccc(OCC(=O)Nc2ccccc2C(=O)N2CCCCC2)cc1. The van der Waals surface area contributed by atoms with Crippen LogP contribution in [0.4, 0.5) is 5.69 Å². The van der Waals surface area contributed by atoms with Gasteiger partial charge in [0.2, 0.25) is 0 Å². The van der Waals surface area contributed by atoms with E-state index in [0.29, 0.717) is 17.0 Å². The van der Waals surface area contributed by atoms with Crippen LogP contribution < -0.4 is 14.8 Å². The molecule has 0 atom stereocenters. The van der Waals surface area contributed by atoms with Crippen molar-refractivity contribution in [3.8, 4) is 11.5 Å². The van der Waals surface area contributed by atoms with Crippen LogP contribution >= 0.6 is 0 Å². The van der Waals surface area contributed by atoms with Gasteiger partial charge in [0.25, 0.3) is 11.8 Å². The molecule has 1 aliphatic rings. The minimum atomic E-state index is -0.315. The molecule has 2 aromatic rings. The average Bonchev–Trinajstić information content (AvgIpc) is 2.73. The number of nitrogens with one attached hydrogen (secondary N) is 1. The number of methoxy groups -OCH3 is 1. The molecule has 142 valence electrons. The molecule has 0 saturated carbocycles. The van der Waals surface area contributed by atoms with Crippen molar-refractivity contribution in [1.82, 2.24) is 4.90 Å². The van der Waals surface area contributed by atoms with Gasteiger partial charge in [-0.2, -0.15) is 0 Å². The van der Waals surface area contributed by atoms with E-state index in [2.05, 4.69) is 5.32 Å². The number of carbonyl (C=O) groups excluding carboxylic acids is 2. The van der Waals surface area contributed by atoms with Crippen molar-refractivity contribution >= 4 is 17.5 Å². The Labute approximate surface area is 159 Å². The first-order valence-corrected chi connectivity index (χ1v) is 9.12. The van der Waals surface area contributed by atoms with Crippen molar-refractivity contribution < 1.29 is 19.1 Å². The summed E-state index contributed by atoms with van der Waals surface area (Å²) in [6.45, 7) is 1.39. The first-order valence-electron chi connectivity index (χ1n) is 9.12. The number of anilines is 1. The Morgan fingerprint density at radius 3 is 2.33 bits per heavy atom. The lowest BCUT2D eigenvalue weighted by molar-refractivity contribution is -0.118. The van der Waals surface area contributed by atoms with Crippen molar-refractivity contribution in [2.45, 2.75) is 19.3 Å². The number of rotatable bonds is 6. The van der Waals surface area contributed by atoms with E-state index in [0.717, 1.165) is 38.1 Å². The molecular weight excluding hydrogens is 344 g/mol. The number of amides is 2. The van der Waals surface area contributed by atoms with Gasteiger partial charge in [-0.25, -0.2) is 0 Å². The summed E-state index contributed by atoms with van der Waals surface area (Å²) in [6, 6.07) is 14.1. The molecule has 0 bridgehead atoms. The fourth-order valence-corrected chi connectivity index (χ4v) is 3.05. The van der Waals surface area contributed by atoms with Gasteiger partial charge in [-0.05, 0) is 55.7 Å². The third kappa shape index (κ3) is 5.00. The van der Waals surface area contributed by atoms with Crippen LogP contribution in [0.3, 0.4) is 0 Å². The van der Waals surface area contributed by atoms with Crippen LogP contribution in [0.15, 0.2) is 48.5 Å². The molecule has 6 heteroatoms. The van der Waals surface area contributed by atoms with Crippen molar-refractivity contribution in [1.29, 1.82) is 0 Å². The van der Waals surface area contributed by atoms with E-state index >= 15 is 0 Å². The van der Waals surface area contributed by atoms with Crippen LogP contribution in [0, 0.1) is 0 Å². The normalized spacial score (nSPS) is 13.7. The molecule has 0 unspecified atom stereocenters. The van der Waals surface area contributed by atoms with E-state index < -0.39 is 0 Å². The van der Waals surface area contributed by atoms with Gasteiger partial charge < -0.3 is 19.7 Å². The fourth-order valence-electron chi connectivity index (χ4n) is 3.05. The zero-order chi connectivity index (χ0) is 19.1. The number of piperidine rings is 1. The Balaban J connectivity index is 1.61. The van der Waals surface area contributed by atoms with Gasteiger partial charge in [-0.3, -0.25) is 9.59 Å². The smallest absolute Gasteiger partial charge is 0.262 e. The van der Waals surface area contributed by atoms with E-state index in [-0.39, 0.29) is 18.4 Å². The first-order chi connectivity index (χ1) is 13.2. The highest BCUT2D eigenvalue weighted by atomic mass is 16.5. The van der Waals surface area contributed by atoms with E-state index in [1.165, 1.54) is 0 Å². The zero-order valence-corrected chi connectivity index (χ0v) is 15.4. The number of carbonyl (C=O) groups is 2. The van der Waals surface area contributed by atoms with E-state index in [9.17, 15) is 9.59 Å². The molecule has 27 heavy (non-hydrogen) atoms. The lowest BCUT2D eigenvalue weighted by Gasteiger charge is -2.27. The second-order valence-electron chi connectivity index (χ2n) is 6.41. The summed E-state index contributed by atoms with van der Waals surface area (Å²) >= 11 is 0. The molecule has 1 N–H and O–H groups in total. The summed E-state index contributed by atoms with van der Waals surface area (Å²) in [6.07, 6.45) is 3.21. The second kappa shape index (κ2) is 9.07. The van der Waals surface area contributed by atoms with Crippen LogP contribution in [0.1, 0.15) is 29.6 Å². The minimum Gasteiger partial charge on any atom is -0.497 e. The van der Waals surface area contributed by atoms with E-state index in [4.69, 9.17) is 9.47 Å². The van der Waals surface area contributed by atoms with E-state index in [1.54, 1.807) is 55.6 Å². The van der Waals surface area contributed by atoms with Crippen LogP contribution in [0.25, 0.3) is 0 Å². The lowest BCUT2D eigenvalue weighted by atomic mass is 10.1. The van der Waals surface area contributed by atoms with Crippen molar-refractivity contribution in [2.24, 2.45) is 0 Å². The van der Waals surface area contributed by atoms with Gasteiger partial charge in [-0.1, -0.05) is 12.1 Å². The summed E-state index contributed by atoms with van der Waals surface area (Å²) in [7, 11) is 1.59. The number of hydrogen-bond acceptors (Lipinski definition) is 4. The van der Waals surface area contributed by atoms with Crippen LogP contribution in [0.5, 0.6) is 11.5 Å². The summed E-state index contributed by atoms with van der Waals surface area (Å²) < 4.78 is 10.6. The number of ether oxygens (including phenoxy) is 2. The van der Waals surface area contributed by atoms with Gasteiger partial charge >= 0.3 is 0 Å². The molecule has 1 saturated heterocycles. The monoisotopic (exact) mass is 368 g/mol.